The number of carbonyl (C=O) groups excluding carboxylic acids is 1. The number of halogens is 1. The van der Waals surface area contributed by atoms with E-state index in [-0.39, 0.29) is 5.82 Å². The summed E-state index contributed by atoms with van der Waals surface area (Å²) in [6, 6.07) is 13.3. The number of aryl methyl sites for hydroxylation is 3. The predicted molar refractivity (Wildman–Crippen MR) is 129 cm³/mol. The van der Waals surface area contributed by atoms with Gasteiger partial charge in [-0.1, -0.05) is 6.07 Å². The third-order valence-electron chi connectivity index (χ3n) is 5.41. The van der Waals surface area contributed by atoms with E-state index in [0.29, 0.717) is 5.69 Å². The van der Waals surface area contributed by atoms with E-state index in [9.17, 15) is 17.6 Å². The second-order valence-electron chi connectivity index (χ2n) is 7.97. The van der Waals surface area contributed by atoms with Crippen molar-refractivity contribution in [2.45, 2.75) is 27.7 Å². The highest BCUT2D eigenvalue weighted by atomic mass is 32.2. The Morgan fingerprint density at radius 1 is 1.06 bits per heavy atom. The van der Waals surface area contributed by atoms with E-state index >= 15 is 0 Å². The normalized spacial score (nSPS) is 11.7. The van der Waals surface area contributed by atoms with Crippen molar-refractivity contribution in [1.82, 2.24) is 9.99 Å². The lowest BCUT2D eigenvalue weighted by atomic mass is 10.1. The van der Waals surface area contributed by atoms with Crippen molar-refractivity contribution >= 4 is 27.8 Å². The smallest absolute Gasteiger partial charge is 0.260 e. The Kier molecular flexibility index (Phi) is 7.02. The van der Waals surface area contributed by atoms with E-state index < -0.39 is 22.5 Å². The van der Waals surface area contributed by atoms with Crippen LogP contribution in [-0.2, 0) is 14.8 Å². The second-order valence-corrected chi connectivity index (χ2v) is 9.88. The molecule has 0 saturated heterocycles. The summed E-state index contributed by atoms with van der Waals surface area (Å²) in [6.45, 7) is 7.22. The minimum Gasteiger partial charge on any atom is -0.318 e. The molecule has 3 aromatic rings. The lowest BCUT2D eigenvalue weighted by Crippen LogP contribution is -2.39. The van der Waals surface area contributed by atoms with Crippen molar-refractivity contribution in [3.05, 3.63) is 82.4 Å². The van der Waals surface area contributed by atoms with Crippen LogP contribution in [0.1, 0.15) is 28.1 Å². The lowest BCUT2D eigenvalue weighted by Gasteiger charge is -2.22. The summed E-state index contributed by atoms with van der Waals surface area (Å²) < 4.78 is 40.8. The third-order valence-corrected chi connectivity index (χ3v) is 6.55. The molecule has 174 valence electrons. The third kappa shape index (κ3) is 5.67. The molecule has 1 N–H and O–H groups in total. The van der Waals surface area contributed by atoms with Gasteiger partial charge in [-0.25, -0.2) is 18.2 Å². The van der Waals surface area contributed by atoms with Crippen LogP contribution in [0.5, 0.6) is 0 Å². The summed E-state index contributed by atoms with van der Waals surface area (Å²) in [4.78, 5) is 12.5. The van der Waals surface area contributed by atoms with Gasteiger partial charge in [-0.15, -0.1) is 0 Å². The van der Waals surface area contributed by atoms with Gasteiger partial charge in [-0.3, -0.25) is 9.10 Å². The molecule has 0 saturated carbocycles. The van der Waals surface area contributed by atoms with Crippen molar-refractivity contribution in [1.29, 1.82) is 0 Å². The number of nitrogens with zero attached hydrogens (tertiary/aromatic N) is 3. The van der Waals surface area contributed by atoms with E-state index in [1.165, 1.54) is 18.3 Å². The van der Waals surface area contributed by atoms with Gasteiger partial charge in [0.15, 0.2) is 0 Å². The van der Waals surface area contributed by atoms with Crippen molar-refractivity contribution < 1.29 is 17.6 Å². The highest BCUT2D eigenvalue weighted by molar-refractivity contribution is 7.92. The Labute approximate surface area is 193 Å². The Bertz CT molecular complexity index is 1310. The maximum atomic E-state index is 13.2. The van der Waals surface area contributed by atoms with Gasteiger partial charge < -0.3 is 4.57 Å². The number of hydrogen-bond donors (Lipinski definition) is 1. The molecule has 33 heavy (non-hydrogen) atoms. The van der Waals surface area contributed by atoms with Gasteiger partial charge in [-0.05, 0) is 81.3 Å². The van der Waals surface area contributed by atoms with Crippen LogP contribution in [-0.4, -0.2) is 37.9 Å². The lowest BCUT2D eigenvalue weighted by molar-refractivity contribution is -0.119. The maximum Gasteiger partial charge on any atom is 0.260 e. The summed E-state index contributed by atoms with van der Waals surface area (Å²) in [7, 11) is -3.67. The summed E-state index contributed by atoms with van der Waals surface area (Å²) in [5.74, 6) is -0.878. The maximum absolute atomic E-state index is 13.2. The van der Waals surface area contributed by atoms with E-state index in [1.54, 1.807) is 24.3 Å². The second kappa shape index (κ2) is 9.58. The minimum atomic E-state index is -3.67. The molecule has 1 amide bonds. The van der Waals surface area contributed by atoms with E-state index in [1.807, 2.05) is 44.4 Å². The number of rotatable bonds is 7. The van der Waals surface area contributed by atoms with E-state index in [4.69, 9.17) is 0 Å². The molecule has 0 spiro atoms. The van der Waals surface area contributed by atoms with Gasteiger partial charge in [-0.2, -0.15) is 5.10 Å². The SMILES string of the molecule is Cc1ccc(N(CC(=O)N/N=C\c2cc(C)n(-c3ccc(F)cc3)c2C)S(C)(=O)=O)cc1C. The van der Waals surface area contributed by atoms with Gasteiger partial charge in [0.25, 0.3) is 5.91 Å². The number of benzene rings is 2. The molecule has 0 aliphatic heterocycles. The van der Waals surface area contributed by atoms with Crippen molar-refractivity contribution in [2.75, 3.05) is 17.1 Å². The van der Waals surface area contributed by atoms with Crippen molar-refractivity contribution in [3.63, 3.8) is 0 Å². The van der Waals surface area contributed by atoms with Crippen LogP contribution in [0.25, 0.3) is 5.69 Å². The molecule has 9 heteroatoms. The quantitative estimate of drug-likeness (QED) is 0.422. The monoisotopic (exact) mass is 470 g/mol. The fraction of sp³-hybridized carbons (Fsp3) is 0.250. The Morgan fingerprint density at radius 2 is 1.73 bits per heavy atom. The van der Waals surface area contributed by atoms with Crippen molar-refractivity contribution in [2.24, 2.45) is 5.10 Å². The van der Waals surface area contributed by atoms with Crippen LogP contribution in [0.3, 0.4) is 0 Å². The first-order chi connectivity index (χ1) is 15.5. The number of hydrogen-bond acceptors (Lipinski definition) is 4. The van der Waals surface area contributed by atoms with Crippen LogP contribution in [0.2, 0.25) is 0 Å². The molecule has 0 bridgehead atoms. The zero-order chi connectivity index (χ0) is 24.3. The molecule has 7 nitrogen and oxygen atoms in total. The van der Waals surface area contributed by atoms with Crippen LogP contribution >= 0.6 is 0 Å². The molecule has 2 aromatic carbocycles. The highest BCUT2D eigenvalue weighted by Crippen LogP contribution is 2.22. The van der Waals surface area contributed by atoms with Crippen LogP contribution in [0, 0.1) is 33.5 Å². The molecule has 0 aliphatic rings. The summed E-state index contributed by atoms with van der Waals surface area (Å²) in [5.41, 5.74) is 8.14. The summed E-state index contributed by atoms with van der Waals surface area (Å²) in [5, 5.41) is 4.01. The molecule has 3 rings (SSSR count). The number of anilines is 1. The molecule has 0 fully saturated rings. The first-order valence-electron chi connectivity index (χ1n) is 10.3. The standard InChI is InChI=1S/C24H27FN4O3S/c1-16-6-9-23(12-17(16)2)28(33(5,31)32)15-24(30)27-26-14-20-13-18(3)29(19(20)4)22-10-7-21(25)8-11-22/h6-14H,15H2,1-5H3,(H,27,30)/b26-14-. The first kappa shape index (κ1) is 24.2. The minimum absolute atomic E-state index is 0.311. The molecule has 0 unspecified atom stereocenters. The molecule has 0 aliphatic carbocycles. The van der Waals surface area contributed by atoms with Gasteiger partial charge in [0.1, 0.15) is 12.4 Å². The van der Waals surface area contributed by atoms with Gasteiger partial charge in [0.2, 0.25) is 10.0 Å². The average molecular weight is 471 g/mol. The number of carbonyl (C=O) groups is 1. The molecule has 0 atom stereocenters. The predicted octanol–water partition coefficient (Wildman–Crippen LogP) is 3.77. The number of aromatic nitrogens is 1. The van der Waals surface area contributed by atoms with E-state index in [0.717, 1.165) is 44.3 Å². The molecule has 1 heterocycles. The van der Waals surface area contributed by atoms with E-state index in [2.05, 4.69) is 10.5 Å². The van der Waals surface area contributed by atoms with Gasteiger partial charge in [0, 0.05) is 22.6 Å². The largest absolute Gasteiger partial charge is 0.318 e. The Balaban J connectivity index is 1.74. The summed E-state index contributed by atoms with van der Waals surface area (Å²) >= 11 is 0. The van der Waals surface area contributed by atoms with Crippen LogP contribution in [0.4, 0.5) is 10.1 Å². The van der Waals surface area contributed by atoms with Gasteiger partial charge >= 0.3 is 0 Å². The first-order valence-corrected chi connectivity index (χ1v) is 12.1. The topological polar surface area (TPSA) is 83.8 Å². The Hall–Kier alpha value is -3.46. The zero-order valence-corrected chi connectivity index (χ0v) is 20.1. The molecule has 1 aromatic heterocycles. The Morgan fingerprint density at radius 3 is 2.33 bits per heavy atom. The summed E-state index contributed by atoms with van der Waals surface area (Å²) in [6.07, 6.45) is 2.56. The fourth-order valence-electron chi connectivity index (χ4n) is 3.53. The number of sulfonamides is 1. The number of amides is 1. The molecular formula is C24H27FN4O3S. The number of hydrazone groups is 1. The highest BCUT2D eigenvalue weighted by Gasteiger charge is 2.21. The van der Waals surface area contributed by atoms with Crippen LogP contribution in [0.15, 0.2) is 53.6 Å². The molecular weight excluding hydrogens is 443 g/mol. The average Bonchev–Trinajstić information content (AvgIpc) is 3.01. The number of nitrogens with one attached hydrogen (secondary N) is 1. The van der Waals surface area contributed by atoms with Crippen LogP contribution < -0.4 is 9.73 Å². The fourth-order valence-corrected chi connectivity index (χ4v) is 4.37. The zero-order valence-electron chi connectivity index (χ0n) is 19.3. The van der Waals surface area contributed by atoms with Crippen molar-refractivity contribution in [3.8, 4) is 5.69 Å². The molecule has 0 radical (unpaired) electrons. The van der Waals surface area contributed by atoms with Gasteiger partial charge in [0.05, 0.1) is 18.2 Å².